The zero-order chi connectivity index (χ0) is 12.9. The number of nitrogens with two attached hydrogens (primary N) is 1. The first-order valence-electron chi connectivity index (χ1n) is 6.48. The molecule has 96 valence electrons. The zero-order valence-electron chi connectivity index (χ0n) is 11.2. The summed E-state index contributed by atoms with van der Waals surface area (Å²) in [5, 5.41) is 9.37. The van der Waals surface area contributed by atoms with Gasteiger partial charge in [-0.25, -0.2) is 4.68 Å². The maximum atomic E-state index is 5.83. The normalized spacial score (nSPS) is 19.6. The van der Waals surface area contributed by atoms with Gasteiger partial charge in [-0.05, 0) is 30.0 Å². The van der Waals surface area contributed by atoms with Gasteiger partial charge in [-0.2, -0.15) is 5.10 Å². The van der Waals surface area contributed by atoms with Crippen LogP contribution in [-0.2, 0) is 0 Å². The molecule has 2 heterocycles. The number of fused-ring (bicyclic) bond motifs is 3. The van der Waals surface area contributed by atoms with Crippen molar-refractivity contribution in [1.82, 2.24) is 9.78 Å². The van der Waals surface area contributed by atoms with Gasteiger partial charge in [0.25, 0.3) is 0 Å². The lowest BCUT2D eigenvalue weighted by Crippen LogP contribution is -2.32. The van der Waals surface area contributed by atoms with Crippen LogP contribution in [0.2, 0.25) is 0 Å². The predicted octanol–water partition coefficient (Wildman–Crippen LogP) is 3.02. The van der Waals surface area contributed by atoms with Gasteiger partial charge in [0.15, 0.2) is 0 Å². The molecule has 1 unspecified atom stereocenters. The van der Waals surface area contributed by atoms with Gasteiger partial charge in [-0.3, -0.25) is 0 Å². The summed E-state index contributed by atoms with van der Waals surface area (Å²) >= 11 is 0. The Hall–Kier alpha value is -1.71. The van der Waals surface area contributed by atoms with Gasteiger partial charge in [0.1, 0.15) is 5.82 Å². The molecule has 4 nitrogen and oxygen atoms in total. The molecule has 2 aromatic rings. The molecular weight excluding hydrogens is 224 g/mol. The second-order valence-corrected chi connectivity index (χ2v) is 6.17. The van der Waals surface area contributed by atoms with Crippen molar-refractivity contribution in [2.45, 2.75) is 33.2 Å². The zero-order valence-corrected chi connectivity index (χ0v) is 11.2. The molecule has 3 N–H and O–H groups in total. The molecule has 0 bridgehead atoms. The van der Waals surface area contributed by atoms with Gasteiger partial charge in [-0.15, -0.1) is 0 Å². The van der Waals surface area contributed by atoms with Crippen molar-refractivity contribution in [2.75, 3.05) is 17.6 Å². The fraction of sp³-hybridized carbons (Fsp3) is 0.500. The summed E-state index contributed by atoms with van der Waals surface area (Å²) < 4.78 is 2.15. The fourth-order valence-corrected chi connectivity index (χ4v) is 2.77. The van der Waals surface area contributed by atoms with E-state index >= 15 is 0 Å². The highest BCUT2D eigenvalue weighted by atomic mass is 15.4. The summed E-state index contributed by atoms with van der Waals surface area (Å²) in [6.45, 7) is 7.82. The Morgan fingerprint density at radius 1 is 1.39 bits per heavy atom. The summed E-state index contributed by atoms with van der Waals surface area (Å²) in [5.41, 5.74) is 7.79. The highest BCUT2D eigenvalue weighted by molar-refractivity contribution is 5.92. The first-order valence-corrected chi connectivity index (χ1v) is 6.48. The van der Waals surface area contributed by atoms with Crippen LogP contribution in [-0.4, -0.2) is 16.3 Å². The van der Waals surface area contributed by atoms with Crippen LogP contribution < -0.4 is 11.1 Å². The molecule has 3 rings (SSSR count). The summed E-state index contributed by atoms with van der Waals surface area (Å²) in [6.07, 6.45) is 1.11. The molecule has 1 aromatic heterocycles. The Labute approximate surface area is 107 Å². The van der Waals surface area contributed by atoms with Gasteiger partial charge in [0.2, 0.25) is 0 Å². The lowest BCUT2D eigenvalue weighted by atomic mass is 9.84. The third-order valence-electron chi connectivity index (χ3n) is 3.73. The number of anilines is 2. The Balaban J connectivity index is 2.21. The molecule has 18 heavy (non-hydrogen) atoms. The van der Waals surface area contributed by atoms with Crippen LogP contribution in [0.1, 0.15) is 33.2 Å². The van der Waals surface area contributed by atoms with Crippen LogP contribution in [0.4, 0.5) is 11.5 Å². The number of aromatic nitrogens is 2. The molecule has 0 amide bonds. The van der Waals surface area contributed by atoms with E-state index in [2.05, 4.69) is 36.8 Å². The molecule has 1 aliphatic heterocycles. The minimum absolute atomic E-state index is 0.213. The average Bonchev–Trinajstić information content (AvgIpc) is 2.64. The third kappa shape index (κ3) is 1.64. The smallest absolute Gasteiger partial charge is 0.132 e. The van der Waals surface area contributed by atoms with E-state index in [0.29, 0.717) is 6.04 Å². The van der Waals surface area contributed by atoms with Crippen LogP contribution in [0.25, 0.3) is 10.9 Å². The minimum Gasteiger partial charge on any atom is -0.399 e. The lowest BCUT2D eigenvalue weighted by molar-refractivity contribution is 0.211. The van der Waals surface area contributed by atoms with E-state index < -0.39 is 0 Å². The van der Waals surface area contributed by atoms with Crippen molar-refractivity contribution >= 4 is 22.4 Å². The molecule has 0 spiro atoms. The standard InChI is InChI=1S/C14H20N4/c1-14(2,3)12-6-7-16-13-10-5-4-9(15)8-11(10)17-18(12)13/h4-5,8,12,16H,6-7,15H2,1-3H3. The van der Waals surface area contributed by atoms with Crippen LogP contribution >= 0.6 is 0 Å². The van der Waals surface area contributed by atoms with Crippen molar-refractivity contribution in [2.24, 2.45) is 5.41 Å². The molecule has 1 aromatic carbocycles. The summed E-state index contributed by atoms with van der Waals surface area (Å²) in [7, 11) is 0. The summed E-state index contributed by atoms with van der Waals surface area (Å²) in [6, 6.07) is 6.37. The van der Waals surface area contributed by atoms with E-state index in [0.717, 1.165) is 35.4 Å². The van der Waals surface area contributed by atoms with Crippen molar-refractivity contribution < 1.29 is 0 Å². The monoisotopic (exact) mass is 244 g/mol. The molecule has 0 saturated carbocycles. The average molecular weight is 244 g/mol. The molecule has 0 fully saturated rings. The maximum absolute atomic E-state index is 5.83. The van der Waals surface area contributed by atoms with Crippen LogP contribution in [0.15, 0.2) is 18.2 Å². The van der Waals surface area contributed by atoms with E-state index in [1.165, 1.54) is 0 Å². The second kappa shape index (κ2) is 3.64. The largest absolute Gasteiger partial charge is 0.399 e. The number of nitrogen functional groups attached to an aromatic ring is 1. The summed E-state index contributed by atoms with van der Waals surface area (Å²) in [5.74, 6) is 1.14. The number of benzene rings is 1. The Bertz CT molecular complexity index is 592. The summed E-state index contributed by atoms with van der Waals surface area (Å²) in [4.78, 5) is 0. The van der Waals surface area contributed by atoms with Crippen LogP contribution in [0.3, 0.4) is 0 Å². The fourth-order valence-electron chi connectivity index (χ4n) is 2.77. The number of rotatable bonds is 0. The molecular formula is C14H20N4. The van der Waals surface area contributed by atoms with Gasteiger partial charge in [0, 0.05) is 17.6 Å². The molecule has 0 aliphatic carbocycles. The van der Waals surface area contributed by atoms with Gasteiger partial charge in [-0.1, -0.05) is 20.8 Å². The minimum atomic E-state index is 0.213. The van der Waals surface area contributed by atoms with E-state index in [9.17, 15) is 0 Å². The molecule has 0 saturated heterocycles. The van der Waals surface area contributed by atoms with Crippen LogP contribution in [0.5, 0.6) is 0 Å². The SMILES string of the molecule is CC(C)(C)C1CCNc2c3ccc(N)cc3nn21. The van der Waals surface area contributed by atoms with Crippen molar-refractivity contribution in [1.29, 1.82) is 0 Å². The second-order valence-electron chi connectivity index (χ2n) is 6.17. The van der Waals surface area contributed by atoms with E-state index in [-0.39, 0.29) is 5.41 Å². The van der Waals surface area contributed by atoms with Crippen LogP contribution in [0, 0.1) is 5.41 Å². The molecule has 4 heteroatoms. The highest BCUT2D eigenvalue weighted by Crippen LogP contribution is 2.40. The quantitative estimate of drug-likeness (QED) is 0.700. The van der Waals surface area contributed by atoms with Gasteiger partial charge < -0.3 is 11.1 Å². The Kier molecular flexibility index (Phi) is 2.30. The third-order valence-corrected chi connectivity index (χ3v) is 3.73. The molecule has 1 atom stereocenters. The van der Waals surface area contributed by atoms with E-state index in [4.69, 9.17) is 10.8 Å². The Morgan fingerprint density at radius 3 is 2.89 bits per heavy atom. The highest BCUT2D eigenvalue weighted by Gasteiger charge is 2.32. The maximum Gasteiger partial charge on any atom is 0.132 e. The lowest BCUT2D eigenvalue weighted by Gasteiger charge is -2.35. The molecule has 0 radical (unpaired) electrons. The van der Waals surface area contributed by atoms with Crippen molar-refractivity contribution in [3.8, 4) is 0 Å². The predicted molar refractivity (Wildman–Crippen MR) is 75.7 cm³/mol. The van der Waals surface area contributed by atoms with Gasteiger partial charge >= 0.3 is 0 Å². The first-order chi connectivity index (χ1) is 8.47. The topological polar surface area (TPSA) is 55.9 Å². The van der Waals surface area contributed by atoms with Crippen molar-refractivity contribution in [3.05, 3.63) is 18.2 Å². The number of hydrogen-bond donors (Lipinski definition) is 2. The number of nitrogens with one attached hydrogen (secondary N) is 1. The molecule has 1 aliphatic rings. The first kappa shape index (κ1) is 11.4. The number of hydrogen-bond acceptors (Lipinski definition) is 3. The number of nitrogens with zero attached hydrogens (tertiary/aromatic N) is 2. The van der Waals surface area contributed by atoms with Gasteiger partial charge in [0.05, 0.1) is 11.6 Å². The van der Waals surface area contributed by atoms with Crippen molar-refractivity contribution in [3.63, 3.8) is 0 Å². The Morgan fingerprint density at radius 2 is 2.17 bits per heavy atom. The van der Waals surface area contributed by atoms with E-state index in [1.807, 2.05) is 12.1 Å². The van der Waals surface area contributed by atoms with E-state index in [1.54, 1.807) is 0 Å².